The molecule has 0 bridgehead atoms. The van der Waals surface area contributed by atoms with Crippen LogP contribution in [0.15, 0.2) is 6.07 Å². The second-order valence-electron chi connectivity index (χ2n) is 4.82. The van der Waals surface area contributed by atoms with Gasteiger partial charge in [-0.3, -0.25) is 14.4 Å². The van der Waals surface area contributed by atoms with Crippen molar-refractivity contribution in [2.75, 3.05) is 13.6 Å². The van der Waals surface area contributed by atoms with E-state index in [0.717, 1.165) is 18.8 Å². The number of rotatable bonds is 2. The highest BCUT2D eigenvalue weighted by molar-refractivity contribution is 5.44. The van der Waals surface area contributed by atoms with Crippen molar-refractivity contribution >= 4 is 6.41 Å². The molecule has 0 unspecified atom stereocenters. The molecule has 1 aromatic heterocycles. The molecule has 0 aromatic carbocycles. The lowest BCUT2D eigenvalue weighted by atomic mass is 10.2. The molecule has 0 atom stereocenters. The van der Waals surface area contributed by atoms with Crippen molar-refractivity contribution in [3.05, 3.63) is 17.5 Å². The summed E-state index contributed by atoms with van der Waals surface area (Å²) in [5, 5.41) is 6.74. The van der Waals surface area contributed by atoms with Gasteiger partial charge in [0.1, 0.15) is 0 Å². The summed E-state index contributed by atoms with van der Waals surface area (Å²) in [7, 11) is 1.56. The van der Waals surface area contributed by atoms with Crippen molar-refractivity contribution in [2.45, 2.75) is 46.3 Å². The summed E-state index contributed by atoms with van der Waals surface area (Å²) in [5.74, 6) is 0. The van der Waals surface area contributed by atoms with Crippen LogP contribution in [0, 0.1) is 6.92 Å². The summed E-state index contributed by atoms with van der Waals surface area (Å²) < 4.78 is 2.16. The zero-order chi connectivity index (χ0) is 13.5. The lowest BCUT2D eigenvalue weighted by Crippen LogP contribution is -2.30. The van der Waals surface area contributed by atoms with E-state index in [4.69, 9.17) is 4.79 Å². The van der Waals surface area contributed by atoms with Gasteiger partial charge in [-0.2, -0.15) is 5.10 Å². The zero-order valence-corrected chi connectivity index (χ0v) is 11.8. The van der Waals surface area contributed by atoms with Crippen LogP contribution in [0.4, 0.5) is 0 Å². The fraction of sp³-hybridized carbons (Fsp3) is 0.692. The first-order chi connectivity index (χ1) is 8.58. The van der Waals surface area contributed by atoms with Crippen LogP contribution in [0.1, 0.15) is 31.7 Å². The Labute approximate surface area is 109 Å². The fourth-order valence-electron chi connectivity index (χ4n) is 2.07. The number of nitrogens with one attached hydrogen (secondary N) is 1. The van der Waals surface area contributed by atoms with E-state index in [1.807, 2.05) is 0 Å². The molecule has 0 spiro atoms. The van der Waals surface area contributed by atoms with Crippen LogP contribution in [0.25, 0.3) is 0 Å². The van der Waals surface area contributed by atoms with Gasteiger partial charge < -0.3 is 5.32 Å². The summed E-state index contributed by atoms with van der Waals surface area (Å²) in [6.07, 6.45) is 1.84. The monoisotopic (exact) mass is 252 g/mol. The van der Waals surface area contributed by atoms with Gasteiger partial charge in [-0.25, -0.2) is 0 Å². The SMILES string of the molecule is CNC=O.Cc1cc2n(n1)CCCN(C(C)C)C2. The molecule has 0 fully saturated rings. The molecule has 1 aliphatic rings. The van der Waals surface area contributed by atoms with Gasteiger partial charge in [0.2, 0.25) is 6.41 Å². The van der Waals surface area contributed by atoms with Crippen LogP contribution < -0.4 is 5.32 Å². The maximum Gasteiger partial charge on any atom is 0.206 e. The Morgan fingerprint density at radius 2 is 2.11 bits per heavy atom. The fourth-order valence-corrected chi connectivity index (χ4v) is 2.07. The number of amides is 1. The van der Waals surface area contributed by atoms with Gasteiger partial charge in [0, 0.05) is 32.7 Å². The first kappa shape index (κ1) is 14.7. The normalized spacial score (nSPS) is 15.4. The van der Waals surface area contributed by atoms with E-state index in [0.29, 0.717) is 12.5 Å². The van der Waals surface area contributed by atoms with Crippen LogP contribution >= 0.6 is 0 Å². The summed E-state index contributed by atoms with van der Waals surface area (Å²) in [5.41, 5.74) is 2.51. The van der Waals surface area contributed by atoms with Crippen LogP contribution in [0.3, 0.4) is 0 Å². The Morgan fingerprint density at radius 3 is 2.67 bits per heavy atom. The average Bonchev–Trinajstić information content (AvgIpc) is 2.56. The Bertz CT molecular complexity index is 373. The smallest absolute Gasteiger partial charge is 0.206 e. The average molecular weight is 252 g/mol. The van der Waals surface area contributed by atoms with Crippen molar-refractivity contribution in [1.82, 2.24) is 20.0 Å². The van der Waals surface area contributed by atoms with Crippen molar-refractivity contribution in [1.29, 1.82) is 0 Å². The summed E-state index contributed by atoms with van der Waals surface area (Å²) in [6, 6.07) is 2.84. The molecule has 0 saturated heterocycles. The van der Waals surface area contributed by atoms with Crippen LogP contribution in [0.2, 0.25) is 0 Å². The highest BCUT2D eigenvalue weighted by Gasteiger charge is 2.17. The number of aromatic nitrogens is 2. The second kappa shape index (κ2) is 7.16. The predicted octanol–water partition coefficient (Wildman–Crippen LogP) is 1.17. The first-order valence-corrected chi connectivity index (χ1v) is 6.46. The minimum absolute atomic E-state index is 0.625. The van der Waals surface area contributed by atoms with Crippen molar-refractivity contribution in [3.63, 3.8) is 0 Å². The molecule has 0 radical (unpaired) electrons. The first-order valence-electron chi connectivity index (χ1n) is 6.46. The maximum absolute atomic E-state index is 9.06. The summed E-state index contributed by atoms with van der Waals surface area (Å²) in [6.45, 7) is 9.92. The molecule has 0 saturated carbocycles. The molecular formula is C13H24N4O. The number of fused-ring (bicyclic) bond motifs is 1. The molecule has 18 heavy (non-hydrogen) atoms. The van der Waals surface area contributed by atoms with Crippen molar-refractivity contribution in [3.8, 4) is 0 Å². The number of hydrogen-bond acceptors (Lipinski definition) is 3. The summed E-state index contributed by atoms with van der Waals surface area (Å²) in [4.78, 5) is 11.6. The molecule has 0 aliphatic carbocycles. The number of nitrogens with zero attached hydrogens (tertiary/aromatic N) is 3. The van der Waals surface area contributed by atoms with Gasteiger partial charge in [-0.1, -0.05) is 0 Å². The largest absolute Gasteiger partial charge is 0.362 e. The Balaban J connectivity index is 0.000000357. The molecule has 1 amide bonds. The third-order valence-corrected chi connectivity index (χ3v) is 3.01. The number of carbonyl (C=O) groups is 1. The van der Waals surface area contributed by atoms with Gasteiger partial charge in [-0.15, -0.1) is 0 Å². The molecule has 5 heteroatoms. The quantitative estimate of drug-likeness (QED) is 0.804. The van der Waals surface area contributed by atoms with E-state index in [1.54, 1.807) is 7.05 Å². The second-order valence-corrected chi connectivity index (χ2v) is 4.82. The van der Waals surface area contributed by atoms with Crippen molar-refractivity contribution < 1.29 is 4.79 Å². The van der Waals surface area contributed by atoms with Gasteiger partial charge >= 0.3 is 0 Å². The lowest BCUT2D eigenvalue weighted by molar-refractivity contribution is -0.109. The Morgan fingerprint density at radius 1 is 1.44 bits per heavy atom. The highest BCUT2D eigenvalue weighted by atomic mass is 16.1. The third-order valence-electron chi connectivity index (χ3n) is 3.01. The maximum atomic E-state index is 9.06. The van der Waals surface area contributed by atoms with E-state index in [-0.39, 0.29) is 0 Å². The van der Waals surface area contributed by atoms with Crippen LogP contribution in [-0.2, 0) is 17.9 Å². The zero-order valence-electron chi connectivity index (χ0n) is 11.8. The standard InChI is InChI=1S/C11H19N3.C2H5NO/c1-9(2)13-5-4-6-14-11(8-13)7-10(3)12-14;1-3-2-4/h7,9H,4-6,8H2,1-3H3;2H,1H3,(H,3,4). The van der Waals surface area contributed by atoms with E-state index in [1.165, 1.54) is 18.7 Å². The van der Waals surface area contributed by atoms with E-state index >= 15 is 0 Å². The molecule has 102 valence electrons. The molecule has 1 N–H and O–H groups in total. The molecule has 2 rings (SSSR count). The number of carbonyl (C=O) groups excluding carboxylic acids is 1. The Kier molecular flexibility index (Phi) is 5.85. The third kappa shape index (κ3) is 4.14. The Hall–Kier alpha value is -1.36. The van der Waals surface area contributed by atoms with Gasteiger partial charge in [0.25, 0.3) is 0 Å². The van der Waals surface area contributed by atoms with Gasteiger partial charge in [-0.05, 0) is 33.3 Å². The van der Waals surface area contributed by atoms with Crippen LogP contribution in [0.5, 0.6) is 0 Å². The predicted molar refractivity (Wildman–Crippen MR) is 72.3 cm³/mol. The molecule has 2 heterocycles. The molecule has 1 aliphatic heterocycles. The number of aryl methyl sites for hydroxylation is 2. The van der Waals surface area contributed by atoms with E-state index < -0.39 is 0 Å². The summed E-state index contributed by atoms with van der Waals surface area (Å²) >= 11 is 0. The molecular weight excluding hydrogens is 228 g/mol. The van der Waals surface area contributed by atoms with Gasteiger partial charge in [0.05, 0.1) is 11.4 Å². The van der Waals surface area contributed by atoms with E-state index in [2.05, 4.69) is 46.8 Å². The highest BCUT2D eigenvalue weighted by Crippen LogP contribution is 2.15. The lowest BCUT2D eigenvalue weighted by Gasteiger charge is -2.23. The van der Waals surface area contributed by atoms with Gasteiger partial charge in [0.15, 0.2) is 0 Å². The van der Waals surface area contributed by atoms with E-state index in [9.17, 15) is 0 Å². The number of hydrogen-bond donors (Lipinski definition) is 1. The van der Waals surface area contributed by atoms with Crippen LogP contribution in [-0.4, -0.2) is 40.7 Å². The van der Waals surface area contributed by atoms with Crippen molar-refractivity contribution in [2.24, 2.45) is 0 Å². The topological polar surface area (TPSA) is 50.2 Å². The minimum Gasteiger partial charge on any atom is -0.362 e. The minimum atomic E-state index is 0.625. The molecule has 1 aromatic rings. The molecule has 5 nitrogen and oxygen atoms in total.